The van der Waals surface area contributed by atoms with E-state index in [1.165, 1.54) is 38.5 Å². The standard InChI is InChI=1S/C11H17NO/c13-10(12-7-8-2-3-8)9-6-11(9)4-1-5-11/h8-9H,1-7H2,(H,12,13). The summed E-state index contributed by atoms with van der Waals surface area (Å²) in [5, 5.41) is 3.09. The second kappa shape index (κ2) is 2.49. The van der Waals surface area contributed by atoms with Crippen molar-refractivity contribution >= 4 is 5.91 Å². The van der Waals surface area contributed by atoms with Gasteiger partial charge < -0.3 is 5.32 Å². The zero-order valence-electron chi connectivity index (χ0n) is 8.01. The van der Waals surface area contributed by atoms with Gasteiger partial charge in [-0.2, -0.15) is 0 Å². The Bertz CT molecular complexity index is 240. The summed E-state index contributed by atoms with van der Waals surface area (Å²) in [6, 6.07) is 0. The first-order valence-electron chi connectivity index (χ1n) is 5.58. The van der Waals surface area contributed by atoms with Crippen LogP contribution in [0.3, 0.4) is 0 Å². The number of carbonyl (C=O) groups excluding carboxylic acids is 1. The maximum atomic E-state index is 11.6. The number of carbonyl (C=O) groups is 1. The lowest BCUT2D eigenvalue weighted by Crippen LogP contribution is -2.30. The van der Waals surface area contributed by atoms with Crippen molar-refractivity contribution in [1.82, 2.24) is 5.32 Å². The summed E-state index contributed by atoms with van der Waals surface area (Å²) in [6.07, 6.45) is 7.82. The molecule has 2 nitrogen and oxygen atoms in total. The molecule has 0 aliphatic heterocycles. The second-order valence-corrected chi connectivity index (χ2v) is 5.16. The molecular formula is C11H17NO. The minimum Gasteiger partial charge on any atom is -0.356 e. The molecule has 0 aromatic carbocycles. The Labute approximate surface area is 79.1 Å². The number of rotatable bonds is 3. The van der Waals surface area contributed by atoms with Crippen LogP contribution in [-0.2, 0) is 4.79 Å². The zero-order valence-corrected chi connectivity index (χ0v) is 8.01. The third-order valence-corrected chi connectivity index (χ3v) is 4.12. The van der Waals surface area contributed by atoms with Gasteiger partial charge in [0.25, 0.3) is 0 Å². The first-order valence-corrected chi connectivity index (χ1v) is 5.58. The third-order valence-electron chi connectivity index (χ3n) is 4.12. The lowest BCUT2D eigenvalue weighted by molar-refractivity contribution is -0.123. The lowest BCUT2D eigenvalue weighted by Gasteiger charge is -2.26. The number of nitrogens with one attached hydrogen (secondary N) is 1. The van der Waals surface area contributed by atoms with Crippen LogP contribution in [0.25, 0.3) is 0 Å². The summed E-state index contributed by atoms with van der Waals surface area (Å²) in [7, 11) is 0. The minimum absolute atomic E-state index is 0.353. The molecule has 1 atom stereocenters. The van der Waals surface area contributed by atoms with Gasteiger partial charge >= 0.3 is 0 Å². The van der Waals surface area contributed by atoms with Gasteiger partial charge in [-0.25, -0.2) is 0 Å². The van der Waals surface area contributed by atoms with Crippen LogP contribution in [0.1, 0.15) is 38.5 Å². The van der Waals surface area contributed by atoms with E-state index in [0.717, 1.165) is 12.5 Å². The average molecular weight is 179 g/mol. The molecule has 1 unspecified atom stereocenters. The molecule has 3 rings (SSSR count). The highest BCUT2D eigenvalue weighted by molar-refractivity contribution is 5.82. The Hall–Kier alpha value is -0.530. The molecule has 13 heavy (non-hydrogen) atoms. The molecule has 3 fully saturated rings. The molecule has 1 amide bonds. The first kappa shape index (κ1) is 7.84. The Morgan fingerprint density at radius 3 is 2.62 bits per heavy atom. The smallest absolute Gasteiger partial charge is 0.223 e. The second-order valence-electron chi connectivity index (χ2n) is 5.16. The molecule has 0 heterocycles. The fourth-order valence-electron chi connectivity index (χ4n) is 2.59. The van der Waals surface area contributed by atoms with Crippen molar-refractivity contribution in [2.75, 3.05) is 6.54 Å². The Kier molecular flexibility index (Phi) is 1.50. The molecule has 72 valence electrons. The minimum atomic E-state index is 0.353. The van der Waals surface area contributed by atoms with Crippen LogP contribution in [0.5, 0.6) is 0 Å². The van der Waals surface area contributed by atoms with Crippen molar-refractivity contribution in [1.29, 1.82) is 0 Å². The highest BCUT2D eigenvalue weighted by atomic mass is 16.2. The van der Waals surface area contributed by atoms with Crippen LogP contribution < -0.4 is 5.32 Å². The van der Waals surface area contributed by atoms with Gasteiger partial charge in [0, 0.05) is 12.5 Å². The molecule has 0 aromatic heterocycles. The van der Waals surface area contributed by atoms with Gasteiger partial charge in [-0.15, -0.1) is 0 Å². The van der Waals surface area contributed by atoms with Crippen LogP contribution in [0, 0.1) is 17.3 Å². The van der Waals surface area contributed by atoms with Crippen LogP contribution in [0.4, 0.5) is 0 Å². The van der Waals surface area contributed by atoms with Crippen molar-refractivity contribution < 1.29 is 4.79 Å². The number of hydrogen-bond donors (Lipinski definition) is 1. The van der Waals surface area contributed by atoms with Crippen molar-refractivity contribution in [3.63, 3.8) is 0 Å². The highest BCUT2D eigenvalue weighted by Gasteiger charge is 2.60. The molecule has 1 spiro atoms. The lowest BCUT2D eigenvalue weighted by atomic mass is 9.80. The van der Waals surface area contributed by atoms with E-state index in [9.17, 15) is 4.79 Å². The fraction of sp³-hybridized carbons (Fsp3) is 0.909. The van der Waals surface area contributed by atoms with E-state index in [4.69, 9.17) is 0 Å². The van der Waals surface area contributed by atoms with Gasteiger partial charge in [0.1, 0.15) is 0 Å². The highest BCUT2D eigenvalue weighted by Crippen LogP contribution is 2.65. The maximum Gasteiger partial charge on any atom is 0.223 e. The van der Waals surface area contributed by atoms with Gasteiger partial charge in [-0.3, -0.25) is 4.79 Å². The maximum absolute atomic E-state index is 11.6. The van der Waals surface area contributed by atoms with Gasteiger partial charge in [0.2, 0.25) is 5.91 Å². The van der Waals surface area contributed by atoms with Gasteiger partial charge in [0.05, 0.1) is 0 Å². The summed E-state index contributed by atoms with van der Waals surface area (Å²) in [6.45, 7) is 0.950. The van der Waals surface area contributed by atoms with E-state index in [0.29, 0.717) is 17.2 Å². The van der Waals surface area contributed by atoms with Crippen LogP contribution in [0.2, 0.25) is 0 Å². The Morgan fingerprint density at radius 1 is 1.38 bits per heavy atom. The molecule has 0 saturated heterocycles. The van der Waals surface area contributed by atoms with Crippen molar-refractivity contribution in [2.24, 2.45) is 17.3 Å². The largest absolute Gasteiger partial charge is 0.356 e. The van der Waals surface area contributed by atoms with Crippen LogP contribution >= 0.6 is 0 Å². The van der Waals surface area contributed by atoms with E-state index in [2.05, 4.69) is 5.32 Å². The van der Waals surface area contributed by atoms with E-state index < -0.39 is 0 Å². The summed E-state index contributed by atoms with van der Waals surface area (Å²) < 4.78 is 0. The van der Waals surface area contributed by atoms with Crippen LogP contribution in [0.15, 0.2) is 0 Å². The molecule has 3 aliphatic rings. The molecule has 0 radical (unpaired) electrons. The van der Waals surface area contributed by atoms with Crippen LogP contribution in [-0.4, -0.2) is 12.5 Å². The Balaban J connectivity index is 1.46. The van der Waals surface area contributed by atoms with E-state index in [1.807, 2.05) is 0 Å². The molecule has 3 aliphatic carbocycles. The first-order chi connectivity index (χ1) is 6.30. The summed E-state index contributed by atoms with van der Waals surface area (Å²) in [5.41, 5.74) is 0.508. The average Bonchev–Trinajstić information content (AvgIpc) is 2.91. The molecule has 0 bridgehead atoms. The topological polar surface area (TPSA) is 29.1 Å². The number of hydrogen-bond acceptors (Lipinski definition) is 1. The molecule has 3 saturated carbocycles. The predicted octanol–water partition coefficient (Wildman–Crippen LogP) is 1.70. The summed E-state index contributed by atoms with van der Waals surface area (Å²) in [4.78, 5) is 11.6. The molecule has 2 heteroatoms. The number of amides is 1. The fourth-order valence-corrected chi connectivity index (χ4v) is 2.59. The molecular weight excluding hydrogens is 162 g/mol. The normalized spacial score (nSPS) is 34.0. The zero-order chi connectivity index (χ0) is 8.89. The van der Waals surface area contributed by atoms with Gasteiger partial charge in [-0.05, 0) is 43.4 Å². The van der Waals surface area contributed by atoms with Crippen molar-refractivity contribution in [2.45, 2.75) is 38.5 Å². The van der Waals surface area contributed by atoms with Gasteiger partial charge in [-0.1, -0.05) is 6.42 Å². The third kappa shape index (κ3) is 1.27. The molecule has 1 N–H and O–H groups in total. The molecule has 0 aromatic rings. The Morgan fingerprint density at radius 2 is 2.15 bits per heavy atom. The van der Waals surface area contributed by atoms with Crippen molar-refractivity contribution in [3.8, 4) is 0 Å². The van der Waals surface area contributed by atoms with E-state index >= 15 is 0 Å². The van der Waals surface area contributed by atoms with Crippen molar-refractivity contribution in [3.05, 3.63) is 0 Å². The monoisotopic (exact) mass is 179 g/mol. The summed E-state index contributed by atoms with van der Waals surface area (Å²) >= 11 is 0. The quantitative estimate of drug-likeness (QED) is 0.702. The van der Waals surface area contributed by atoms with Gasteiger partial charge in [0.15, 0.2) is 0 Å². The SMILES string of the molecule is O=C(NCC1CC1)C1CC12CCC2. The summed E-state index contributed by atoms with van der Waals surface area (Å²) in [5.74, 6) is 1.58. The van der Waals surface area contributed by atoms with E-state index in [1.54, 1.807) is 0 Å². The predicted molar refractivity (Wildman–Crippen MR) is 50.1 cm³/mol. The van der Waals surface area contributed by atoms with E-state index in [-0.39, 0.29) is 0 Å².